The fourth-order valence-corrected chi connectivity index (χ4v) is 2.76. The predicted octanol–water partition coefficient (Wildman–Crippen LogP) is 1.48. The molecule has 5 N–H and O–H groups in total. The van der Waals surface area contributed by atoms with Crippen molar-refractivity contribution in [1.29, 1.82) is 0 Å². The van der Waals surface area contributed by atoms with Crippen LogP contribution >= 0.6 is 0 Å². The van der Waals surface area contributed by atoms with Crippen molar-refractivity contribution in [3.63, 3.8) is 0 Å². The Bertz CT molecular complexity index is 534. The summed E-state index contributed by atoms with van der Waals surface area (Å²) in [6.45, 7) is 1.71. The molecular formula is C13H17N3O. The maximum absolute atomic E-state index is 9.58. The van der Waals surface area contributed by atoms with Crippen molar-refractivity contribution in [2.75, 3.05) is 13.1 Å². The van der Waals surface area contributed by atoms with Crippen molar-refractivity contribution in [1.82, 2.24) is 10.3 Å². The Morgan fingerprint density at radius 1 is 1.41 bits per heavy atom. The van der Waals surface area contributed by atoms with Crippen LogP contribution in [0.2, 0.25) is 0 Å². The summed E-state index contributed by atoms with van der Waals surface area (Å²) in [4.78, 5) is 3.24. The van der Waals surface area contributed by atoms with Gasteiger partial charge in [0.1, 0.15) is 5.75 Å². The summed E-state index contributed by atoms with van der Waals surface area (Å²) in [6, 6.07) is 5.72. The van der Waals surface area contributed by atoms with E-state index in [-0.39, 0.29) is 0 Å². The fraction of sp³-hybridized carbons (Fsp3) is 0.385. The minimum absolute atomic E-state index is 0.301. The van der Waals surface area contributed by atoms with Gasteiger partial charge in [0, 0.05) is 23.1 Å². The lowest BCUT2D eigenvalue weighted by molar-refractivity contribution is 0.472. The molecule has 0 amide bonds. The predicted molar refractivity (Wildman–Crippen MR) is 67.9 cm³/mol. The summed E-state index contributed by atoms with van der Waals surface area (Å²) in [5.41, 5.74) is 8.07. The van der Waals surface area contributed by atoms with Crippen LogP contribution in [0, 0.1) is 5.92 Å². The molecule has 2 heterocycles. The smallest absolute Gasteiger partial charge is 0.116 e. The van der Waals surface area contributed by atoms with Gasteiger partial charge in [-0.05, 0) is 49.2 Å². The molecule has 0 radical (unpaired) electrons. The van der Waals surface area contributed by atoms with E-state index in [9.17, 15) is 5.11 Å². The van der Waals surface area contributed by atoms with Gasteiger partial charge in [0.25, 0.3) is 0 Å². The van der Waals surface area contributed by atoms with Crippen molar-refractivity contribution >= 4 is 10.9 Å². The molecule has 1 aliphatic rings. The summed E-state index contributed by atoms with van der Waals surface area (Å²) in [6.07, 6.45) is 3.14. The number of benzene rings is 1. The molecule has 17 heavy (non-hydrogen) atoms. The van der Waals surface area contributed by atoms with E-state index in [2.05, 4.69) is 10.3 Å². The Hall–Kier alpha value is -1.52. The number of nitrogens with two attached hydrogens (primary N) is 1. The normalized spacial score (nSPS) is 24.5. The summed E-state index contributed by atoms with van der Waals surface area (Å²) < 4.78 is 0. The molecule has 0 saturated carbocycles. The van der Waals surface area contributed by atoms with Crippen molar-refractivity contribution in [3.05, 3.63) is 30.0 Å². The first-order chi connectivity index (χ1) is 8.29. The number of fused-ring (bicyclic) bond motifs is 1. The first kappa shape index (κ1) is 10.6. The third-order valence-electron chi connectivity index (χ3n) is 3.69. The average Bonchev–Trinajstić information content (AvgIpc) is 2.93. The van der Waals surface area contributed by atoms with E-state index < -0.39 is 0 Å². The number of hydrogen-bond donors (Lipinski definition) is 4. The summed E-state index contributed by atoms with van der Waals surface area (Å²) in [5, 5.41) is 14.2. The van der Waals surface area contributed by atoms with Crippen LogP contribution < -0.4 is 11.1 Å². The zero-order chi connectivity index (χ0) is 11.8. The third-order valence-corrected chi connectivity index (χ3v) is 3.69. The lowest BCUT2D eigenvalue weighted by Gasteiger charge is -2.17. The highest BCUT2D eigenvalue weighted by atomic mass is 16.3. The number of hydrogen-bond acceptors (Lipinski definition) is 3. The highest BCUT2D eigenvalue weighted by Crippen LogP contribution is 2.34. The second-order valence-electron chi connectivity index (χ2n) is 4.69. The molecule has 3 rings (SSSR count). The van der Waals surface area contributed by atoms with Crippen LogP contribution in [0.5, 0.6) is 5.75 Å². The number of phenolic OH excluding ortho intramolecular Hbond substituents is 1. The van der Waals surface area contributed by atoms with E-state index in [1.807, 2.05) is 18.3 Å². The average molecular weight is 231 g/mol. The van der Waals surface area contributed by atoms with E-state index in [1.54, 1.807) is 6.07 Å². The number of aromatic hydroxyl groups is 1. The molecule has 0 aliphatic carbocycles. The van der Waals surface area contributed by atoms with Gasteiger partial charge in [-0.2, -0.15) is 0 Å². The van der Waals surface area contributed by atoms with Crippen molar-refractivity contribution < 1.29 is 5.11 Å². The van der Waals surface area contributed by atoms with Crippen LogP contribution in [0.25, 0.3) is 10.9 Å². The number of aromatic nitrogens is 1. The first-order valence-corrected chi connectivity index (χ1v) is 6.03. The SMILES string of the molecule is NCC1CCNC1c1c[nH]c2ccc(O)cc12. The topological polar surface area (TPSA) is 74.1 Å². The molecule has 2 unspecified atom stereocenters. The van der Waals surface area contributed by atoms with E-state index >= 15 is 0 Å². The first-order valence-electron chi connectivity index (χ1n) is 6.03. The maximum Gasteiger partial charge on any atom is 0.116 e. The largest absolute Gasteiger partial charge is 0.508 e. The summed E-state index contributed by atoms with van der Waals surface area (Å²) >= 11 is 0. The van der Waals surface area contributed by atoms with Gasteiger partial charge in [-0.15, -0.1) is 0 Å². The van der Waals surface area contributed by atoms with Crippen LogP contribution in [0.1, 0.15) is 18.0 Å². The molecule has 2 aromatic rings. The van der Waals surface area contributed by atoms with Gasteiger partial charge in [0.2, 0.25) is 0 Å². The molecule has 1 aromatic heterocycles. The maximum atomic E-state index is 9.58. The number of phenols is 1. The van der Waals surface area contributed by atoms with Gasteiger partial charge in [0.15, 0.2) is 0 Å². The van der Waals surface area contributed by atoms with Gasteiger partial charge < -0.3 is 21.1 Å². The molecule has 4 heteroatoms. The Morgan fingerprint density at radius 3 is 3.12 bits per heavy atom. The highest BCUT2D eigenvalue weighted by Gasteiger charge is 2.28. The standard InChI is InChI=1S/C13H17N3O/c14-6-8-3-4-15-13(8)11-7-16-12-2-1-9(17)5-10(11)12/h1-2,5,7-8,13,15-17H,3-4,6,14H2. The Kier molecular flexibility index (Phi) is 2.53. The van der Waals surface area contributed by atoms with Crippen molar-refractivity contribution in [2.45, 2.75) is 12.5 Å². The van der Waals surface area contributed by atoms with Crippen LogP contribution in [-0.2, 0) is 0 Å². The molecule has 1 saturated heterocycles. The molecule has 1 aromatic carbocycles. The van der Waals surface area contributed by atoms with Gasteiger partial charge in [-0.1, -0.05) is 0 Å². The molecule has 90 valence electrons. The zero-order valence-electron chi connectivity index (χ0n) is 9.61. The molecule has 2 atom stereocenters. The number of nitrogens with one attached hydrogen (secondary N) is 2. The van der Waals surface area contributed by atoms with Crippen LogP contribution in [0.15, 0.2) is 24.4 Å². The van der Waals surface area contributed by atoms with Gasteiger partial charge in [0.05, 0.1) is 0 Å². The second-order valence-corrected chi connectivity index (χ2v) is 4.69. The van der Waals surface area contributed by atoms with E-state index in [0.717, 1.165) is 23.9 Å². The van der Waals surface area contributed by atoms with E-state index in [1.165, 1.54) is 5.56 Å². The van der Waals surface area contributed by atoms with Crippen LogP contribution in [0.4, 0.5) is 0 Å². The minimum Gasteiger partial charge on any atom is -0.508 e. The van der Waals surface area contributed by atoms with Gasteiger partial charge in [-0.25, -0.2) is 0 Å². The Balaban J connectivity index is 2.07. The van der Waals surface area contributed by atoms with Gasteiger partial charge >= 0.3 is 0 Å². The molecule has 0 spiro atoms. The number of rotatable bonds is 2. The van der Waals surface area contributed by atoms with Crippen molar-refractivity contribution in [2.24, 2.45) is 11.7 Å². The lowest BCUT2D eigenvalue weighted by Crippen LogP contribution is -2.22. The number of aromatic amines is 1. The Labute approximate surface area is 99.8 Å². The minimum atomic E-state index is 0.301. The monoisotopic (exact) mass is 231 g/mol. The molecule has 1 aliphatic heterocycles. The fourth-order valence-electron chi connectivity index (χ4n) is 2.76. The summed E-state index contributed by atoms with van der Waals surface area (Å²) in [5.74, 6) is 0.789. The third kappa shape index (κ3) is 1.69. The molecule has 4 nitrogen and oxygen atoms in total. The Morgan fingerprint density at radius 2 is 2.29 bits per heavy atom. The van der Waals surface area contributed by atoms with Crippen molar-refractivity contribution in [3.8, 4) is 5.75 Å². The molecule has 1 fully saturated rings. The van der Waals surface area contributed by atoms with E-state index in [4.69, 9.17) is 5.73 Å². The summed E-state index contributed by atoms with van der Waals surface area (Å²) in [7, 11) is 0. The molecular weight excluding hydrogens is 214 g/mol. The van der Waals surface area contributed by atoms with Crippen LogP contribution in [-0.4, -0.2) is 23.2 Å². The van der Waals surface area contributed by atoms with E-state index in [0.29, 0.717) is 24.3 Å². The second kappa shape index (κ2) is 4.05. The number of H-pyrrole nitrogens is 1. The zero-order valence-corrected chi connectivity index (χ0v) is 9.61. The van der Waals surface area contributed by atoms with Gasteiger partial charge in [-0.3, -0.25) is 0 Å². The lowest BCUT2D eigenvalue weighted by atomic mass is 9.94. The van der Waals surface area contributed by atoms with Crippen LogP contribution in [0.3, 0.4) is 0 Å². The quantitative estimate of drug-likeness (QED) is 0.632. The molecule has 0 bridgehead atoms. The highest BCUT2D eigenvalue weighted by molar-refractivity contribution is 5.85.